The Balaban J connectivity index is 1.95. The molecule has 92 valence electrons. The summed E-state index contributed by atoms with van der Waals surface area (Å²) in [4.78, 5) is 10.5. The minimum absolute atomic E-state index is 0.0433. The van der Waals surface area contributed by atoms with E-state index >= 15 is 0 Å². The Hall–Kier alpha value is -1.79. The molecule has 1 heterocycles. The Morgan fingerprint density at radius 3 is 3.00 bits per heavy atom. The number of hydrogen-bond acceptors (Lipinski definition) is 5. The molecule has 17 heavy (non-hydrogen) atoms. The maximum atomic E-state index is 10.5. The van der Waals surface area contributed by atoms with Crippen LogP contribution in [0.2, 0.25) is 0 Å². The molecule has 1 amide bonds. The molecule has 1 aliphatic rings. The smallest absolute Gasteiger partial charge is 0.231 e. The van der Waals surface area contributed by atoms with Crippen molar-refractivity contribution in [2.45, 2.75) is 6.10 Å². The fraction of sp³-hybridized carbons (Fsp3) is 0.364. The predicted molar refractivity (Wildman–Crippen MR) is 59.6 cm³/mol. The van der Waals surface area contributed by atoms with Crippen molar-refractivity contribution in [1.82, 2.24) is 5.32 Å². The summed E-state index contributed by atoms with van der Waals surface area (Å²) in [6.07, 6.45) is -0.719. The fourth-order valence-corrected chi connectivity index (χ4v) is 1.57. The number of benzene rings is 1. The van der Waals surface area contributed by atoms with E-state index in [1.165, 1.54) is 0 Å². The number of nitrogens with one attached hydrogen (secondary N) is 1. The van der Waals surface area contributed by atoms with E-state index in [0.717, 1.165) is 0 Å². The average molecular weight is 238 g/mol. The molecule has 1 aromatic rings. The lowest BCUT2D eigenvalue weighted by atomic mass is 10.1. The lowest BCUT2D eigenvalue weighted by Gasteiger charge is -2.11. The third-order valence-electron chi connectivity index (χ3n) is 2.42. The molecule has 1 aromatic carbocycles. The van der Waals surface area contributed by atoms with E-state index < -0.39 is 12.0 Å². The van der Waals surface area contributed by atoms with Gasteiger partial charge >= 0.3 is 0 Å². The number of aliphatic hydroxyl groups excluding tert-OH is 1. The molecule has 0 bridgehead atoms. The summed E-state index contributed by atoms with van der Waals surface area (Å²) in [5.74, 6) is 0.838. The molecule has 0 aromatic heterocycles. The number of nitrogens with two attached hydrogens (primary N) is 1. The lowest BCUT2D eigenvalue weighted by molar-refractivity contribution is -0.117. The lowest BCUT2D eigenvalue weighted by Crippen LogP contribution is -2.31. The summed E-state index contributed by atoms with van der Waals surface area (Å²) in [6.45, 7) is 0.499. The van der Waals surface area contributed by atoms with Crippen molar-refractivity contribution in [2.24, 2.45) is 5.73 Å². The van der Waals surface area contributed by atoms with Crippen molar-refractivity contribution in [2.75, 3.05) is 19.9 Å². The van der Waals surface area contributed by atoms with E-state index in [1.54, 1.807) is 18.2 Å². The highest BCUT2D eigenvalue weighted by Gasteiger charge is 2.16. The molecule has 2 rings (SSSR count). The second kappa shape index (κ2) is 5.03. The van der Waals surface area contributed by atoms with Gasteiger partial charge in [-0.2, -0.15) is 0 Å². The maximum absolute atomic E-state index is 10.5. The standard InChI is InChI=1S/C11H14N2O4/c12-11(15)5-13-4-8(14)7-1-2-9-10(3-7)17-6-16-9/h1-3,8,13-14H,4-6H2,(H2,12,15). The van der Waals surface area contributed by atoms with E-state index in [1.807, 2.05) is 0 Å². The summed E-state index contributed by atoms with van der Waals surface area (Å²) < 4.78 is 10.4. The Labute approximate surface area is 98.3 Å². The highest BCUT2D eigenvalue weighted by molar-refractivity contribution is 5.75. The predicted octanol–water partition coefficient (Wildman–Crippen LogP) is -0.476. The van der Waals surface area contributed by atoms with Crippen LogP contribution in [-0.4, -0.2) is 30.9 Å². The van der Waals surface area contributed by atoms with Gasteiger partial charge in [0.1, 0.15) is 0 Å². The van der Waals surface area contributed by atoms with Gasteiger partial charge in [0, 0.05) is 6.54 Å². The molecule has 0 aliphatic carbocycles. The molecule has 6 nitrogen and oxygen atoms in total. The van der Waals surface area contributed by atoms with Gasteiger partial charge in [-0.3, -0.25) is 4.79 Å². The molecule has 0 radical (unpaired) electrons. The van der Waals surface area contributed by atoms with Crippen molar-refractivity contribution >= 4 is 5.91 Å². The zero-order chi connectivity index (χ0) is 12.3. The Morgan fingerprint density at radius 2 is 2.24 bits per heavy atom. The van der Waals surface area contributed by atoms with Crippen LogP contribution in [-0.2, 0) is 4.79 Å². The van der Waals surface area contributed by atoms with Crippen LogP contribution >= 0.6 is 0 Å². The van der Waals surface area contributed by atoms with Gasteiger partial charge in [-0.05, 0) is 17.7 Å². The second-order valence-electron chi connectivity index (χ2n) is 3.73. The van der Waals surface area contributed by atoms with Crippen molar-refractivity contribution in [3.8, 4) is 11.5 Å². The fourth-order valence-electron chi connectivity index (χ4n) is 1.57. The highest BCUT2D eigenvalue weighted by atomic mass is 16.7. The topological polar surface area (TPSA) is 93.8 Å². The monoisotopic (exact) mass is 238 g/mol. The van der Waals surface area contributed by atoms with Gasteiger partial charge in [-0.1, -0.05) is 6.07 Å². The molecule has 1 aliphatic heterocycles. The van der Waals surface area contributed by atoms with Crippen molar-refractivity contribution < 1.29 is 19.4 Å². The Kier molecular flexibility index (Phi) is 3.46. The molecule has 0 fully saturated rings. The summed E-state index contributed by atoms with van der Waals surface area (Å²) in [7, 11) is 0. The first-order valence-corrected chi connectivity index (χ1v) is 5.23. The first kappa shape index (κ1) is 11.7. The van der Waals surface area contributed by atoms with Crippen LogP contribution in [0, 0.1) is 0 Å². The number of carbonyl (C=O) groups is 1. The molecule has 0 spiro atoms. The third kappa shape index (κ3) is 2.86. The van der Waals surface area contributed by atoms with Crippen LogP contribution in [0.3, 0.4) is 0 Å². The SMILES string of the molecule is NC(=O)CNCC(O)c1ccc2c(c1)OCO2. The van der Waals surface area contributed by atoms with Gasteiger partial charge in [0.25, 0.3) is 0 Å². The second-order valence-corrected chi connectivity index (χ2v) is 3.73. The summed E-state index contributed by atoms with van der Waals surface area (Å²) in [6, 6.07) is 5.22. The molecule has 0 saturated carbocycles. The molecule has 1 atom stereocenters. The van der Waals surface area contributed by atoms with Crippen LogP contribution in [0.1, 0.15) is 11.7 Å². The van der Waals surface area contributed by atoms with Gasteiger partial charge in [0.05, 0.1) is 12.6 Å². The number of fused-ring (bicyclic) bond motifs is 1. The van der Waals surface area contributed by atoms with Crippen LogP contribution in [0.5, 0.6) is 11.5 Å². The van der Waals surface area contributed by atoms with Gasteiger partial charge in [-0.25, -0.2) is 0 Å². The molecule has 0 saturated heterocycles. The van der Waals surface area contributed by atoms with Gasteiger partial charge in [-0.15, -0.1) is 0 Å². The first-order chi connectivity index (χ1) is 8.16. The number of aliphatic hydroxyl groups is 1. The largest absolute Gasteiger partial charge is 0.454 e. The third-order valence-corrected chi connectivity index (χ3v) is 2.42. The Morgan fingerprint density at radius 1 is 1.47 bits per heavy atom. The summed E-state index contributed by atoms with van der Waals surface area (Å²) in [5, 5.41) is 12.6. The van der Waals surface area contributed by atoms with E-state index in [2.05, 4.69) is 5.32 Å². The molecule has 6 heteroatoms. The van der Waals surface area contributed by atoms with Crippen molar-refractivity contribution in [3.63, 3.8) is 0 Å². The minimum atomic E-state index is -0.719. The van der Waals surface area contributed by atoms with Gasteiger partial charge in [0.2, 0.25) is 12.7 Å². The van der Waals surface area contributed by atoms with E-state index in [0.29, 0.717) is 17.1 Å². The number of primary amides is 1. The van der Waals surface area contributed by atoms with E-state index in [-0.39, 0.29) is 19.9 Å². The van der Waals surface area contributed by atoms with Crippen LogP contribution in [0.15, 0.2) is 18.2 Å². The number of carbonyl (C=O) groups excluding carboxylic acids is 1. The highest BCUT2D eigenvalue weighted by Crippen LogP contribution is 2.33. The number of amides is 1. The molecule has 4 N–H and O–H groups in total. The quantitative estimate of drug-likeness (QED) is 0.644. The van der Waals surface area contributed by atoms with E-state index in [9.17, 15) is 9.90 Å². The Bertz CT molecular complexity index is 422. The zero-order valence-corrected chi connectivity index (χ0v) is 9.18. The van der Waals surface area contributed by atoms with Crippen molar-refractivity contribution in [1.29, 1.82) is 0 Å². The van der Waals surface area contributed by atoms with Crippen LogP contribution in [0.4, 0.5) is 0 Å². The number of ether oxygens (including phenoxy) is 2. The van der Waals surface area contributed by atoms with Crippen LogP contribution in [0.25, 0.3) is 0 Å². The number of hydrogen-bond donors (Lipinski definition) is 3. The molecular weight excluding hydrogens is 224 g/mol. The number of rotatable bonds is 5. The molecular formula is C11H14N2O4. The normalized spacial score (nSPS) is 14.6. The molecule has 1 unspecified atom stereocenters. The average Bonchev–Trinajstić information content (AvgIpc) is 2.75. The summed E-state index contributed by atoms with van der Waals surface area (Å²) >= 11 is 0. The van der Waals surface area contributed by atoms with Gasteiger partial charge in [0.15, 0.2) is 11.5 Å². The first-order valence-electron chi connectivity index (χ1n) is 5.23. The van der Waals surface area contributed by atoms with Crippen LogP contribution < -0.4 is 20.5 Å². The zero-order valence-electron chi connectivity index (χ0n) is 9.18. The van der Waals surface area contributed by atoms with Crippen molar-refractivity contribution in [3.05, 3.63) is 23.8 Å². The summed E-state index contributed by atoms with van der Waals surface area (Å²) in [5.41, 5.74) is 5.67. The van der Waals surface area contributed by atoms with E-state index in [4.69, 9.17) is 15.2 Å². The van der Waals surface area contributed by atoms with Gasteiger partial charge < -0.3 is 25.6 Å². The minimum Gasteiger partial charge on any atom is -0.454 e. The maximum Gasteiger partial charge on any atom is 0.231 e.